The summed E-state index contributed by atoms with van der Waals surface area (Å²) in [5.74, 6) is 1.33. The fourth-order valence-electron chi connectivity index (χ4n) is 3.13. The Balaban J connectivity index is 1.48. The average Bonchev–Trinajstić information content (AvgIpc) is 3.11. The first-order valence-corrected chi connectivity index (χ1v) is 9.64. The fraction of sp³-hybridized carbons (Fsp3) is 0.350. The lowest BCUT2D eigenvalue weighted by molar-refractivity contribution is 0.240. The smallest absolute Gasteiger partial charge is 0.159 e. The molecule has 5 heteroatoms. The highest BCUT2D eigenvalue weighted by Gasteiger charge is 2.20. The van der Waals surface area contributed by atoms with E-state index >= 15 is 0 Å². The predicted octanol–water partition coefficient (Wildman–Crippen LogP) is 4.28. The number of hydrogen-bond acceptors (Lipinski definition) is 5. The Labute approximate surface area is 152 Å². The van der Waals surface area contributed by atoms with Gasteiger partial charge in [0.15, 0.2) is 5.82 Å². The molecule has 0 N–H and O–H groups in total. The van der Waals surface area contributed by atoms with Crippen molar-refractivity contribution < 1.29 is 0 Å². The maximum atomic E-state index is 4.80. The number of fused-ring (bicyclic) bond motifs is 1. The van der Waals surface area contributed by atoms with Crippen LogP contribution in [0.3, 0.4) is 0 Å². The third-order valence-electron chi connectivity index (χ3n) is 4.49. The Morgan fingerprint density at radius 1 is 1.16 bits per heavy atom. The van der Waals surface area contributed by atoms with E-state index in [1.807, 2.05) is 24.4 Å². The zero-order chi connectivity index (χ0) is 17.2. The van der Waals surface area contributed by atoms with Crippen LogP contribution < -0.4 is 0 Å². The van der Waals surface area contributed by atoms with Crippen molar-refractivity contribution >= 4 is 11.3 Å². The van der Waals surface area contributed by atoms with Gasteiger partial charge in [-0.2, -0.15) is 0 Å². The molecule has 1 aliphatic heterocycles. The lowest BCUT2D eigenvalue weighted by Gasteiger charge is -2.27. The molecular formula is C20H22N4S. The minimum Gasteiger partial charge on any atom is -0.293 e. The van der Waals surface area contributed by atoms with Gasteiger partial charge in [0.2, 0.25) is 0 Å². The van der Waals surface area contributed by atoms with Crippen LogP contribution in [0.5, 0.6) is 0 Å². The zero-order valence-corrected chi connectivity index (χ0v) is 15.5. The Morgan fingerprint density at radius 3 is 2.76 bits per heavy atom. The highest BCUT2D eigenvalue weighted by Crippen LogP contribution is 2.24. The van der Waals surface area contributed by atoms with Gasteiger partial charge < -0.3 is 0 Å². The maximum Gasteiger partial charge on any atom is 0.159 e. The number of aromatic nitrogens is 3. The molecule has 1 aromatic carbocycles. The van der Waals surface area contributed by atoms with E-state index in [0.717, 1.165) is 37.4 Å². The van der Waals surface area contributed by atoms with Crippen molar-refractivity contribution in [3.63, 3.8) is 0 Å². The standard InChI is InChI=1S/C20H22N4S/c1-14(2)20-22-17(13-25-20)12-24-9-8-18-16(11-24)10-21-19(23-18)15-6-4-3-5-7-15/h3-7,10,13-14H,8-9,11-12H2,1-2H3. The number of rotatable bonds is 4. The molecule has 0 spiro atoms. The summed E-state index contributed by atoms with van der Waals surface area (Å²) in [6.45, 7) is 7.22. The molecule has 0 radical (unpaired) electrons. The molecular weight excluding hydrogens is 328 g/mol. The molecule has 2 aromatic heterocycles. The van der Waals surface area contributed by atoms with Crippen LogP contribution in [0.25, 0.3) is 11.4 Å². The third-order valence-corrected chi connectivity index (χ3v) is 5.69. The summed E-state index contributed by atoms with van der Waals surface area (Å²) in [4.78, 5) is 16.6. The largest absolute Gasteiger partial charge is 0.293 e. The van der Waals surface area contributed by atoms with Gasteiger partial charge in [-0.3, -0.25) is 4.90 Å². The molecule has 0 amide bonds. The maximum absolute atomic E-state index is 4.80. The van der Waals surface area contributed by atoms with Crippen molar-refractivity contribution in [1.82, 2.24) is 19.9 Å². The first-order valence-electron chi connectivity index (χ1n) is 8.76. The van der Waals surface area contributed by atoms with E-state index in [-0.39, 0.29) is 0 Å². The van der Waals surface area contributed by atoms with Crippen LogP contribution in [0, 0.1) is 0 Å². The van der Waals surface area contributed by atoms with Crippen molar-refractivity contribution in [2.75, 3.05) is 6.54 Å². The summed E-state index contributed by atoms with van der Waals surface area (Å²) in [7, 11) is 0. The Hall–Kier alpha value is -2.11. The van der Waals surface area contributed by atoms with Crippen molar-refractivity contribution in [2.45, 2.75) is 39.3 Å². The minimum atomic E-state index is 0.505. The molecule has 1 aliphatic rings. The summed E-state index contributed by atoms with van der Waals surface area (Å²) in [6, 6.07) is 10.2. The molecule has 0 fully saturated rings. The van der Waals surface area contributed by atoms with Crippen molar-refractivity contribution in [1.29, 1.82) is 0 Å². The second-order valence-corrected chi connectivity index (χ2v) is 7.71. The first kappa shape index (κ1) is 16.4. The highest BCUT2D eigenvalue weighted by molar-refractivity contribution is 7.09. The zero-order valence-electron chi connectivity index (χ0n) is 14.6. The molecule has 25 heavy (non-hydrogen) atoms. The summed E-state index contributed by atoms with van der Waals surface area (Å²) < 4.78 is 0. The SMILES string of the molecule is CC(C)c1nc(CN2CCc3nc(-c4ccccc4)ncc3C2)cs1. The molecule has 0 atom stereocenters. The topological polar surface area (TPSA) is 41.9 Å². The van der Waals surface area contributed by atoms with Crippen LogP contribution in [-0.4, -0.2) is 26.4 Å². The third kappa shape index (κ3) is 3.62. The van der Waals surface area contributed by atoms with Gasteiger partial charge in [-0.15, -0.1) is 11.3 Å². The fourth-order valence-corrected chi connectivity index (χ4v) is 3.95. The van der Waals surface area contributed by atoms with Crippen LogP contribution in [0.15, 0.2) is 41.9 Å². The molecule has 0 bridgehead atoms. The van der Waals surface area contributed by atoms with Gasteiger partial charge >= 0.3 is 0 Å². The lowest BCUT2D eigenvalue weighted by atomic mass is 10.1. The second kappa shape index (κ2) is 7.02. The van der Waals surface area contributed by atoms with E-state index in [1.54, 1.807) is 11.3 Å². The summed E-state index contributed by atoms with van der Waals surface area (Å²) in [6.07, 6.45) is 2.97. The molecule has 0 aliphatic carbocycles. The molecule has 0 saturated heterocycles. The van der Waals surface area contributed by atoms with Crippen molar-refractivity contribution in [2.24, 2.45) is 0 Å². The van der Waals surface area contributed by atoms with Gasteiger partial charge in [-0.05, 0) is 0 Å². The molecule has 3 aromatic rings. The average molecular weight is 350 g/mol. The number of benzene rings is 1. The van der Waals surface area contributed by atoms with Crippen molar-refractivity contribution in [3.05, 3.63) is 63.9 Å². The number of hydrogen-bond donors (Lipinski definition) is 0. The van der Waals surface area contributed by atoms with E-state index in [1.165, 1.54) is 22.0 Å². The van der Waals surface area contributed by atoms with Crippen molar-refractivity contribution in [3.8, 4) is 11.4 Å². The molecule has 4 nitrogen and oxygen atoms in total. The van der Waals surface area contributed by atoms with Gasteiger partial charge in [-0.25, -0.2) is 15.0 Å². The van der Waals surface area contributed by atoms with E-state index in [9.17, 15) is 0 Å². The number of thiazole rings is 1. The quantitative estimate of drug-likeness (QED) is 0.704. The van der Waals surface area contributed by atoms with E-state index in [0.29, 0.717) is 5.92 Å². The van der Waals surface area contributed by atoms with Crippen LogP contribution in [0.2, 0.25) is 0 Å². The number of nitrogens with zero attached hydrogens (tertiary/aromatic N) is 4. The van der Waals surface area contributed by atoms with Gasteiger partial charge in [-0.1, -0.05) is 44.2 Å². The molecule has 0 unspecified atom stereocenters. The summed E-state index contributed by atoms with van der Waals surface area (Å²) in [5, 5.41) is 3.42. The van der Waals surface area contributed by atoms with Crippen LogP contribution in [0.4, 0.5) is 0 Å². The first-order chi connectivity index (χ1) is 12.2. The Morgan fingerprint density at radius 2 is 2.00 bits per heavy atom. The van der Waals surface area contributed by atoms with Gasteiger partial charge in [0.25, 0.3) is 0 Å². The summed E-state index contributed by atoms with van der Waals surface area (Å²) in [5.41, 5.74) is 4.69. The van der Waals surface area contributed by atoms with E-state index < -0.39 is 0 Å². The Kier molecular flexibility index (Phi) is 4.59. The molecule has 128 valence electrons. The molecule has 0 saturated carbocycles. The van der Waals surface area contributed by atoms with E-state index in [2.05, 4.69) is 41.2 Å². The van der Waals surface area contributed by atoms with Gasteiger partial charge in [0, 0.05) is 54.7 Å². The van der Waals surface area contributed by atoms with Crippen LogP contribution in [-0.2, 0) is 19.5 Å². The van der Waals surface area contributed by atoms with Gasteiger partial charge in [0.1, 0.15) is 0 Å². The van der Waals surface area contributed by atoms with E-state index in [4.69, 9.17) is 9.97 Å². The normalized spacial score (nSPS) is 14.7. The minimum absolute atomic E-state index is 0.505. The lowest BCUT2D eigenvalue weighted by Crippen LogP contribution is -2.31. The summed E-state index contributed by atoms with van der Waals surface area (Å²) >= 11 is 1.77. The second-order valence-electron chi connectivity index (χ2n) is 6.82. The van der Waals surface area contributed by atoms with Crippen LogP contribution >= 0.6 is 11.3 Å². The molecule has 4 rings (SSSR count). The monoisotopic (exact) mass is 350 g/mol. The van der Waals surface area contributed by atoms with Crippen LogP contribution in [0.1, 0.15) is 41.7 Å². The molecule has 3 heterocycles. The Bertz CT molecular complexity index is 857. The predicted molar refractivity (Wildman–Crippen MR) is 101 cm³/mol. The van der Waals surface area contributed by atoms with Gasteiger partial charge in [0.05, 0.1) is 16.4 Å². The highest BCUT2D eigenvalue weighted by atomic mass is 32.1.